The summed E-state index contributed by atoms with van der Waals surface area (Å²) in [6.45, 7) is 3.58. The van der Waals surface area contributed by atoms with Gasteiger partial charge in [0.15, 0.2) is 0 Å². The Kier molecular flexibility index (Phi) is 4.77. The highest BCUT2D eigenvalue weighted by Crippen LogP contribution is 2.26. The quantitative estimate of drug-likeness (QED) is 0.902. The van der Waals surface area contributed by atoms with Crippen LogP contribution in [-0.2, 0) is 4.79 Å². The van der Waals surface area contributed by atoms with Gasteiger partial charge < -0.3 is 11.1 Å². The molecule has 1 rings (SSSR count). The van der Waals surface area contributed by atoms with Gasteiger partial charge in [0.25, 0.3) is 0 Å². The molecule has 0 aliphatic carbocycles. The minimum absolute atomic E-state index is 0.130. The molecule has 0 aromatic heterocycles. The zero-order valence-corrected chi connectivity index (χ0v) is 11.5. The fraction of sp³-hybridized carbons (Fsp3) is 0.364. The molecule has 1 amide bonds. The third kappa shape index (κ3) is 3.47. The van der Waals surface area contributed by atoms with E-state index in [4.69, 9.17) is 17.3 Å². The van der Waals surface area contributed by atoms with E-state index in [-0.39, 0.29) is 17.9 Å². The van der Waals surface area contributed by atoms with Crippen molar-refractivity contribution in [2.75, 3.05) is 5.32 Å². The average Bonchev–Trinajstić information content (AvgIpc) is 2.22. The molecule has 2 atom stereocenters. The Morgan fingerprint density at radius 1 is 1.50 bits per heavy atom. The SMILES string of the molecule is CC(N)C(C)C(=O)Nc1cc(Br)ccc1Cl. The van der Waals surface area contributed by atoms with Gasteiger partial charge in [0.2, 0.25) is 5.91 Å². The van der Waals surface area contributed by atoms with Gasteiger partial charge in [-0.05, 0) is 25.1 Å². The first-order valence-electron chi connectivity index (χ1n) is 4.93. The van der Waals surface area contributed by atoms with Gasteiger partial charge in [0.05, 0.1) is 16.6 Å². The second-order valence-corrected chi connectivity index (χ2v) is 5.08. The number of halogens is 2. The van der Waals surface area contributed by atoms with E-state index in [2.05, 4.69) is 21.2 Å². The molecule has 16 heavy (non-hydrogen) atoms. The fourth-order valence-electron chi connectivity index (χ4n) is 1.08. The molecule has 1 aromatic carbocycles. The van der Waals surface area contributed by atoms with Gasteiger partial charge in [0.1, 0.15) is 0 Å². The van der Waals surface area contributed by atoms with E-state index in [1.165, 1.54) is 0 Å². The van der Waals surface area contributed by atoms with Crippen LogP contribution in [0.5, 0.6) is 0 Å². The van der Waals surface area contributed by atoms with E-state index in [1.54, 1.807) is 26.0 Å². The van der Waals surface area contributed by atoms with Gasteiger partial charge in [-0.15, -0.1) is 0 Å². The molecule has 2 unspecified atom stereocenters. The van der Waals surface area contributed by atoms with Crippen LogP contribution in [0.1, 0.15) is 13.8 Å². The molecule has 88 valence electrons. The normalized spacial score (nSPS) is 14.3. The summed E-state index contributed by atoms with van der Waals surface area (Å²) in [4.78, 5) is 11.8. The number of nitrogens with one attached hydrogen (secondary N) is 1. The Balaban J connectivity index is 2.80. The van der Waals surface area contributed by atoms with Crippen LogP contribution in [0.3, 0.4) is 0 Å². The minimum atomic E-state index is -0.255. The highest BCUT2D eigenvalue weighted by Gasteiger charge is 2.17. The number of benzene rings is 1. The van der Waals surface area contributed by atoms with Crippen LogP contribution in [0.25, 0.3) is 0 Å². The number of rotatable bonds is 3. The Labute approximate surface area is 108 Å². The summed E-state index contributed by atoms with van der Waals surface area (Å²) in [5.74, 6) is -0.384. The molecule has 0 fully saturated rings. The molecule has 0 aliphatic rings. The van der Waals surface area contributed by atoms with E-state index in [0.29, 0.717) is 10.7 Å². The average molecular weight is 306 g/mol. The van der Waals surface area contributed by atoms with Crippen molar-refractivity contribution in [3.8, 4) is 0 Å². The lowest BCUT2D eigenvalue weighted by atomic mass is 10.0. The third-order valence-electron chi connectivity index (χ3n) is 2.39. The summed E-state index contributed by atoms with van der Waals surface area (Å²) in [7, 11) is 0. The van der Waals surface area contributed by atoms with Crippen molar-refractivity contribution >= 4 is 39.1 Å². The van der Waals surface area contributed by atoms with Crippen LogP contribution in [0, 0.1) is 5.92 Å². The van der Waals surface area contributed by atoms with E-state index in [9.17, 15) is 4.79 Å². The van der Waals surface area contributed by atoms with Crippen LogP contribution < -0.4 is 11.1 Å². The van der Waals surface area contributed by atoms with Crippen molar-refractivity contribution in [1.29, 1.82) is 0 Å². The number of hydrogen-bond acceptors (Lipinski definition) is 2. The number of nitrogens with two attached hydrogens (primary N) is 1. The Morgan fingerprint density at radius 3 is 2.69 bits per heavy atom. The number of carbonyl (C=O) groups is 1. The van der Waals surface area contributed by atoms with Gasteiger partial charge in [-0.25, -0.2) is 0 Å². The van der Waals surface area contributed by atoms with E-state index < -0.39 is 0 Å². The van der Waals surface area contributed by atoms with Crippen LogP contribution in [0.15, 0.2) is 22.7 Å². The van der Waals surface area contributed by atoms with Gasteiger partial charge in [-0.2, -0.15) is 0 Å². The zero-order chi connectivity index (χ0) is 12.3. The van der Waals surface area contributed by atoms with Crippen molar-refractivity contribution in [1.82, 2.24) is 0 Å². The summed E-state index contributed by atoms with van der Waals surface area (Å²) >= 11 is 9.28. The van der Waals surface area contributed by atoms with Crippen molar-refractivity contribution in [3.05, 3.63) is 27.7 Å². The predicted molar refractivity (Wildman–Crippen MR) is 70.6 cm³/mol. The zero-order valence-electron chi connectivity index (χ0n) is 9.13. The molecule has 0 saturated heterocycles. The Hall–Kier alpha value is -0.580. The van der Waals surface area contributed by atoms with Crippen LogP contribution in [0.2, 0.25) is 5.02 Å². The third-order valence-corrected chi connectivity index (χ3v) is 3.21. The standard InChI is InChI=1S/C11H14BrClN2O/c1-6(7(2)14)11(16)15-10-5-8(12)3-4-9(10)13/h3-7H,14H2,1-2H3,(H,15,16). The lowest BCUT2D eigenvalue weighted by molar-refractivity contribution is -0.119. The van der Waals surface area contributed by atoms with Crippen LogP contribution in [-0.4, -0.2) is 11.9 Å². The molecule has 1 aromatic rings. The molecular formula is C11H14BrClN2O. The smallest absolute Gasteiger partial charge is 0.228 e. The van der Waals surface area contributed by atoms with Gasteiger partial charge in [-0.1, -0.05) is 34.5 Å². The maximum absolute atomic E-state index is 11.8. The van der Waals surface area contributed by atoms with Gasteiger partial charge >= 0.3 is 0 Å². The van der Waals surface area contributed by atoms with Gasteiger partial charge in [-0.3, -0.25) is 4.79 Å². The van der Waals surface area contributed by atoms with Crippen molar-refractivity contribution < 1.29 is 4.79 Å². The highest BCUT2D eigenvalue weighted by atomic mass is 79.9. The van der Waals surface area contributed by atoms with E-state index in [1.807, 2.05) is 6.07 Å². The molecule has 0 saturated carbocycles. The molecule has 0 aliphatic heterocycles. The molecule has 0 spiro atoms. The summed E-state index contributed by atoms with van der Waals surface area (Å²) in [5.41, 5.74) is 6.25. The van der Waals surface area contributed by atoms with Crippen LogP contribution in [0.4, 0.5) is 5.69 Å². The maximum atomic E-state index is 11.8. The number of amides is 1. The molecular weight excluding hydrogens is 291 g/mol. The first-order chi connectivity index (χ1) is 7.41. The number of anilines is 1. The summed E-state index contributed by atoms with van der Waals surface area (Å²) in [6.07, 6.45) is 0. The minimum Gasteiger partial charge on any atom is -0.327 e. The number of hydrogen-bond donors (Lipinski definition) is 2. The summed E-state index contributed by atoms with van der Waals surface area (Å²) < 4.78 is 0.862. The van der Waals surface area contributed by atoms with Gasteiger partial charge in [0, 0.05) is 10.5 Å². The lowest BCUT2D eigenvalue weighted by Gasteiger charge is -2.16. The maximum Gasteiger partial charge on any atom is 0.228 e. The Bertz CT molecular complexity index is 396. The fourth-order valence-corrected chi connectivity index (χ4v) is 1.60. The van der Waals surface area contributed by atoms with Crippen molar-refractivity contribution in [2.45, 2.75) is 19.9 Å². The topological polar surface area (TPSA) is 55.1 Å². The molecule has 0 radical (unpaired) electrons. The van der Waals surface area contributed by atoms with E-state index >= 15 is 0 Å². The molecule has 3 nitrogen and oxygen atoms in total. The van der Waals surface area contributed by atoms with E-state index in [0.717, 1.165) is 4.47 Å². The van der Waals surface area contributed by atoms with Crippen molar-refractivity contribution in [2.24, 2.45) is 11.7 Å². The monoisotopic (exact) mass is 304 g/mol. The predicted octanol–water partition coefficient (Wildman–Crippen LogP) is 3.02. The molecule has 3 N–H and O–H groups in total. The Morgan fingerprint density at radius 2 is 2.12 bits per heavy atom. The first kappa shape index (κ1) is 13.5. The molecule has 5 heteroatoms. The largest absolute Gasteiger partial charge is 0.327 e. The summed E-state index contributed by atoms with van der Waals surface area (Å²) in [5, 5.41) is 3.26. The molecule has 0 bridgehead atoms. The lowest BCUT2D eigenvalue weighted by Crippen LogP contribution is -2.34. The van der Waals surface area contributed by atoms with Crippen molar-refractivity contribution in [3.63, 3.8) is 0 Å². The van der Waals surface area contributed by atoms with Crippen LogP contribution >= 0.6 is 27.5 Å². The number of carbonyl (C=O) groups excluding carboxylic acids is 1. The second kappa shape index (κ2) is 5.66. The molecule has 0 heterocycles. The highest BCUT2D eigenvalue weighted by molar-refractivity contribution is 9.10. The first-order valence-corrected chi connectivity index (χ1v) is 6.10. The summed E-state index contributed by atoms with van der Waals surface area (Å²) in [6, 6.07) is 5.10. The second-order valence-electron chi connectivity index (χ2n) is 3.76.